The van der Waals surface area contributed by atoms with Gasteiger partial charge >= 0.3 is 5.97 Å². The second kappa shape index (κ2) is 4.02. The highest BCUT2D eigenvalue weighted by Crippen LogP contribution is 2.35. The lowest BCUT2D eigenvalue weighted by Crippen LogP contribution is -2.17. The van der Waals surface area contributed by atoms with Crippen LogP contribution in [0.5, 0.6) is 11.5 Å². The van der Waals surface area contributed by atoms with Gasteiger partial charge in [0.1, 0.15) is 13.2 Å². The van der Waals surface area contributed by atoms with Gasteiger partial charge in [0, 0.05) is 0 Å². The van der Waals surface area contributed by atoms with Crippen LogP contribution in [0.1, 0.15) is 17.2 Å². The number of fused-ring (bicyclic) bond motifs is 1. The number of rotatable bonds is 2. The molecule has 16 heavy (non-hydrogen) atoms. The van der Waals surface area contributed by atoms with Gasteiger partial charge in [-0.3, -0.25) is 0 Å². The lowest BCUT2D eigenvalue weighted by molar-refractivity contribution is -0.147. The van der Waals surface area contributed by atoms with Gasteiger partial charge in [0.2, 0.25) is 0 Å². The molecule has 1 aliphatic rings. The molecule has 86 valence electrons. The molecule has 2 N–H and O–H groups in total. The average Bonchev–Trinajstić information content (AvgIpc) is 2.27. The van der Waals surface area contributed by atoms with Crippen LogP contribution >= 0.6 is 0 Å². The molecule has 0 amide bonds. The molecule has 1 aromatic rings. The topological polar surface area (TPSA) is 76.0 Å². The van der Waals surface area contributed by atoms with Gasteiger partial charge in [0.25, 0.3) is 0 Å². The second-order valence-corrected chi connectivity index (χ2v) is 3.59. The Bertz CT molecular complexity index is 427. The van der Waals surface area contributed by atoms with E-state index < -0.39 is 12.1 Å². The van der Waals surface area contributed by atoms with E-state index in [1.807, 2.05) is 0 Å². The van der Waals surface area contributed by atoms with Gasteiger partial charge in [0.05, 0.1) is 0 Å². The molecule has 1 heterocycles. The van der Waals surface area contributed by atoms with E-state index in [9.17, 15) is 9.90 Å². The molecule has 0 bridgehead atoms. The first kappa shape index (κ1) is 10.8. The third kappa shape index (κ3) is 1.81. The van der Waals surface area contributed by atoms with Crippen LogP contribution in [0.15, 0.2) is 12.1 Å². The number of aryl methyl sites for hydroxylation is 1. The summed E-state index contributed by atoms with van der Waals surface area (Å²) in [6.45, 7) is 2.63. The number of hydrogen-bond acceptors (Lipinski definition) is 4. The average molecular weight is 224 g/mol. The Balaban J connectivity index is 2.43. The van der Waals surface area contributed by atoms with E-state index in [2.05, 4.69) is 0 Å². The number of aliphatic carboxylic acids is 1. The zero-order valence-corrected chi connectivity index (χ0v) is 8.77. The van der Waals surface area contributed by atoms with Crippen molar-refractivity contribution in [3.8, 4) is 11.5 Å². The quantitative estimate of drug-likeness (QED) is 0.780. The number of ether oxygens (including phenoxy) is 2. The first-order valence-corrected chi connectivity index (χ1v) is 4.90. The molecule has 0 saturated carbocycles. The van der Waals surface area contributed by atoms with E-state index in [-0.39, 0.29) is 0 Å². The summed E-state index contributed by atoms with van der Waals surface area (Å²) in [5, 5.41) is 18.2. The summed E-state index contributed by atoms with van der Waals surface area (Å²) >= 11 is 0. The lowest BCUT2D eigenvalue weighted by Gasteiger charge is -2.21. The van der Waals surface area contributed by atoms with Crippen LogP contribution in [0, 0.1) is 6.92 Å². The minimum absolute atomic E-state index is 0.330. The summed E-state index contributed by atoms with van der Waals surface area (Å²) in [7, 11) is 0. The minimum Gasteiger partial charge on any atom is -0.486 e. The summed E-state index contributed by atoms with van der Waals surface area (Å²) < 4.78 is 10.7. The fourth-order valence-corrected chi connectivity index (χ4v) is 1.63. The Hall–Kier alpha value is -1.75. The minimum atomic E-state index is -1.53. The SMILES string of the molecule is Cc1cc2c(cc1C(O)C(=O)O)OCCO2. The molecule has 0 radical (unpaired) electrons. The number of carbonyl (C=O) groups is 1. The van der Waals surface area contributed by atoms with Crippen molar-refractivity contribution in [1.29, 1.82) is 0 Å². The summed E-state index contributed by atoms with van der Waals surface area (Å²) in [5.74, 6) is -0.211. The predicted molar refractivity (Wildman–Crippen MR) is 54.8 cm³/mol. The van der Waals surface area contributed by atoms with Crippen LogP contribution in [0.2, 0.25) is 0 Å². The highest BCUT2D eigenvalue weighted by Gasteiger charge is 2.22. The van der Waals surface area contributed by atoms with Crippen molar-refractivity contribution in [2.24, 2.45) is 0 Å². The van der Waals surface area contributed by atoms with Crippen LogP contribution in [-0.4, -0.2) is 29.4 Å². The van der Waals surface area contributed by atoms with Gasteiger partial charge in [0.15, 0.2) is 17.6 Å². The number of carboxylic acid groups (broad SMARTS) is 1. The standard InChI is InChI=1S/C11H12O5/c1-6-4-8-9(16-3-2-15-8)5-7(6)10(12)11(13)14/h4-5,10,12H,2-3H2,1H3,(H,13,14). The fourth-order valence-electron chi connectivity index (χ4n) is 1.63. The molecule has 0 saturated heterocycles. The molecule has 0 aliphatic carbocycles. The molecular weight excluding hydrogens is 212 g/mol. The first-order chi connectivity index (χ1) is 7.59. The second-order valence-electron chi connectivity index (χ2n) is 3.59. The van der Waals surface area contributed by atoms with Crippen molar-refractivity contribution in [2.75, 3.05) is 13.2 Å². The molecular formula is C11H12O5. The van der Waals surface area contributed by atoms with Crippen molar-refractivity contribution in [1.82, 2.24) is 0 Å². The maximum atomic E-state index is 10.7. The third-order valence-corrected chi connectivity index (χ3v) is 2.46. The van der Waals surface area contributed by atoms with Crippen molar-refractivity contribution in [3.63, 3.8) is 0 Å². The van der Waals surface area contributed by atoms with E-state index >= 15 is 0 Å². The maximum absolute atomic E-state index is 10.7. The van der Waals surface area contributed by atoms with Gasteiger partial charge < -0.3 is 19.7 Å². The highest BCUT2D eigenvalue weighted by molar-refractivity contribution is 5.75. The molecule has 2 rings (SSSR count). The van der Waals surface area contributed by atoms with Crippen molar-refractivity contribution in [2.45, 2.75) is 13.0 Å². The van der Waals surface area contributed by atoms with Gasteiger partial charge in [-0.2, -0.15) is 0 Å². The van der Waals surface area contributed by atoms with E-state index in [1.165, 1.54) is 6.07 Å². The van der Waals surface area contributed by atoms with Crippen molar-refractivity contribution < 1.29 is 24.5 Å². The predicted octanol–water partition coefficient (Wildman–Crippen LogP) is 0.884. The molecule has 0 spiro atoms. The number of carboxylic acids is 1. The molecule has 5 heteroatoms. The zero-order valence-electron chi connectivity index (χ0n) is 8.77. The van der Waals surface area contributed by atoms with Crippen molar-refractivity contribution >= 4 is 5.97 Å². The number of aliphatic hydroxyl groups excluding tert-OH is 1. The normalized spacial score (nSPS) is 15.6. The third-order valence-electron chi connectivity index (χ3n) is 2.46. The van der Waals surface area contributed by atoms with E-state index in [1.54, 1.807) is 13.0 Å². The molecule has 1 aliphatic heterocycles. The molecule has 0 fully saturated rings. The maximum Gasteiger partial charge on any atom is 0.337 e. The molecule has 1 aromatic carbocycles. The fraction of sp³-hybridized carbons (Fsp3) is 0.364. The Morgan fingerprint density at radius 1 is 1.31 bits per heavy atom. The van der Waals surface area contributed by atoms with Crippen LogP contribution in [0.4, 0.5) is 0 Å². The number of hydrogen-bond donors (Lipinski definition) is 2. The van der Waals surface area contributed by atoms with E-state index in [4.69, 9.17) is 14.6 Å². The summed E-state index contributed by atoms with van der Waals surface area (Å²) in [6, 6.07) is 3.19. The molecule has 1 unspecified atom stereocenters. The van der Waals surface area contributed by atoms with Crippen molar-refractivity contribution in [3.05, 3.63) is 23.3 Å². The Morgan fingerprint density at radius 2 is 1.88 bits per heavy atom. The van der Waals surface area contributed by atoms with Crippen LogP contribution in [-0.2, 0) is 4.79 Å². The van der Waals surface area contributed by atoms with Gasteiger partial charge in [-0.25, -0.2) is 4.79 Å². The monoisotopic (exact) mass is 224 g/mol. The Kier molecular flexibility index (Phi) is 2.70. The number of benzene rings is 1. The highest BCUT2D eigenvalue weighted by atomic mass is 16.6. The van der Waals surface area contributed by atoms with E-state index in [0.29, 0.717) is 35.8 Å². The van der Waals surface area contributed by atoms with Crippen LogP contribution < -0.4 is 9.47 Å². The van der Waals surface area contributed by atoms with Crippen LogP contribution in [0.3, 0.4) is 0 Å². The van der Waals surface area contributed by atoms with Gasteiger partial charge in [-0.15, -0.1) is 0 Å². The first-order valence-electron chi connectivity index (χ1n) is 4.90. The van der Waals surface area contributed by atoms with Crippen LogP contribution in [0.25, 0.3) is 0 Å². The summed E-state index contributed by atoms with van der Waals surface area (Å²) in [6.07, 6.45) is -1.53. The zero-order chi connectivity index (χ0) is 11.7. The lowest BCUT2D eigenvalue weighted by atomic mass is 10.0. The smallest absolute Gasteiger partial charge is 0.337 e. The summed E-state index contributed by atoms with van der Waals surface area (Å²) in [4.78, 5) is 10.7. The van der Waals surface area contributed by atoms with Gasteiger partial charge in [-0.1, -0.05) is 0 Å². The molecule has 1 atom stereocenters. The number of aliphatic hydroxyl groups is 1. The summed E-state index contributed by atoms with van der Waals surface area (Å²) in [5.41, 5.74) is 0.996. The molecule has 0 aromatic heterocycles. The Labute approximate surface area is 92.2 Å². The van der Waals surface area contributed by atoms with E-state index in [0.717, 1.165) is 0 Å². The van der Waals surface area contributed by atoms with Gasteiger partial charge in [-0.05, 0) is 30.2 Å². The Morgan fingerprint density at radius 3 is 2.44 bits per heavy atom. The largest absolute Gasteiger partial charge is 0.486 e. The molecule has 5 nitrogen and oxygen atoms in total.